The number of hydrogen-bond donors (Lipinski definition) is 2. The number of rotatable bonds is 4. The van der Waals surface area contributed by atoms with Gasteiger partial charge in [-0.2, -0.15) is 0 Å². The molecule has 1 heterocycles. The maximum Gasteiger partial charge on any atom is 0.325 e. The molecule has 6 nitrogen and oxygen atoms in total. The van der Waals surface area contributed by atoms with E-state index >= 15 is 0 Å². The highest BCUT2D eigenvalue weighted by Gasteiger charge is 2.40. The zero-order chi connectivity index (χ0) is 15.6. The van der Waals surface area contributed by atoms with Crippen molar-refractivity contribution in [2.24, 2.45) is 11.8 Å². The van der Waals surface area contributed by atoms with Crippen molar-refractivity contribution in [1.82, 2.24) is 15.5 Å². The average molecular weight is 295 g/mol. The van der Waals surface area contributed by atoms with Gasteiger partial charge in [0.15, 0.2) is 0 Å². The van der Waals surface area contributed by atoms with Gasteiger partial charge in [0.05, 0.1) is 0 Å². The summed E-state index contributed by atoms with van der Waals surface area (Å²) < 4.78 is 0. The molecule has 2 N–H and O–H groups in total. The number of urea groups is 1. The lowest BCUT2D eigenvalue weighted by Gasteiger charge is -2.27. The fourth-order valence-corrected chi connectivity index (χ4v) is 2.96. The molecule has 1 aliphatic carbocycles. The Morgan fingerprint density at radius 1 is 1.29 bits per heavy atom. The van der Waals surface area contributed by atoms with Crippen molar-refractivity contribution in [3.63, 3.8) is 0 Å². The zero-order valence-electron chi connectivity index (χ0n) is 13.0. The Morgan fingerprint density at radius 2 is 1.90 bits per heavy atom. The molecule has 0 aromatic carbocycles. The first-order valence-electron chi connectivity index (χ1n) is 7.79. The van der Waals surface area contributed by atoms with Gasteiger partial charge in [0.2, 0.25) is 5.91 Å². The highest BCUT2D eigenvalue weighted by Crippen LogP contribution is 2.23. The summed E-state index contributed by atoms with van der Waals surface area (Å²) in [6.45, 7) is 5.78. The zero-order valence-corrected chi connectivity index (χ0v) is 13.0. The van der Waals surface area contributed by atoms with Crippen LogP contribution in [-0.4, -0.2) is 41.4 Å². The molecule has 1 unspecified atom stereocenters. The van der Waals surface area contributed by atoms with Crippen LogP contribution in [0.1, 0.15) is 46.5 Å². The van der Waals surface area contributed by atoms with E-state index in [4.69, 9.17) is 0 Å². The van der Waals surface area contributed by atoms with Crippen molar-refractivity contribution < 1.29 is 14.4 Å². The summed E-state index contributed by atoms with van der Waals surface area (Å²) in [4.78, 5) is 36.9. The predicted molar refractivity (Wildman–Crippen MR) is 78.4 cm³/mol. The van der Waals surface area contributed by atoms with Crippen molar-refractivity contribution in [1.29, 1.82) is 0 Å². The second-order valence-electron chi connectivity index (χ2n) is 6.62. The van der Waals surface area contributed by atoms with Crippen molar-refractivity contribution >= 4 is 17.8 Å². The van der Waals surface area contributed by atoms with Crippen LogP contribution >= 0.6 is 0 Å². The fourth-order valence-electron chi connectivity index (χ4n) is 2.96. The Labute approximate surface area is 125 Å². The van der Waals surface area contributed by atoms with Gasteiger partial charge in [-0.25, -0.2) is 4.79 Å². The molecule has 21 heavy (non-hydrogen) atoms. The molecule has 2 aliphatic rings. The molecular formula is C15H25N3O3. The summed E-state index contributed by atoms with van der Waals surface area (Å²) in [7, 11) is 0. The summed E-state index contributed by atoms with van der Waals surface area (Å²) in [6.07, 6.45) is 4.18. The Balaban J connectivity index is 1.85. The van der Waals surface area contributed by atoms with Crippen LogP contribution in [0.2, 0.25) is 0 Å². The summed E-state index contributed by atoms with van der Waals surface area (Å²) in [5.41, 5.74) is 0. The third kappa shape index (κ3) is 3.74. The average Bonchev–Trinajstić information content (AvgIpc) is 2.69. The molecule has 1 aliphatic heterocycles. The lowest BCUT2D eigenvalue weighted by Crippen LogP contribution is -2.45. The van der Waals surface area contributed by atoms with E-state index in [0.717, 1.165) is 36.5 Å². The quantitative estimate of drug-likeness (QED) is 0.766. The number of nitrogens with one attached hydrogen (secondary N) is 2. The number of amides is 4. The molecule has 0 spiro atoms. The number of nitrogens with zero attached hydrogens (tertiary/aromatic N) is 1. The van der Waals surface area contributed by atoms with Gasteiger partial charge < -0.3 is 10.6 Å². The van der Waals surface area contributed by atoms with Gasteiger partial charge in [0.25, 0.3) is 5.91 Å². The molecule has 2 fully saturated rings. The Bertz CT molecular complexity index is 428. The molecule has 4 amide bonds. The standard InChI is InChI=1S/C15H25N3O3/c1-9(2)13-14(20)18(15(21)17-13)8-12(19)16-11-6-4-10(3)5-7-11/h9-11,13H,4-8H2,1-3H3,(H,16,19)(H,17,21). The minimum Gasteiger partial charge on any atom is -0.352 e. The molecular weight excluding hydrogens is 270 g/mol. The number of imide groups is 1. The van der Waals surface area contributed by atoms with E-state index in [2.05, 4.69) is 17.6 Å². The summed E-state index contributed by atoms with van der Waals surface area (Å²) >= 11 is 0. The maximum atomic E-state index is 12.1. The van der Waals surface area contributed by atoms with Crippen LogP contribution in [0.3, 0.4) is 0 Å². The second-order valence-corrected chi connectivity index (χ2v) is 6.62. The molecule has 118 valence electrons. The van der Waals surface area contributed by atoms with Gasteiger partial charge in [0, 0.05) is 6.04 Å². The first-order chi connectivity index (χ1) is 9.88. The SMILES string of the molecule is CC1CCC(NC(=O)CN2C(=O)NC(C(C)C)C2=O)CC1. The van der Waals surface area contributed by atoms with Crippen molar-refractivity contribution in [3.8, 4) is 0 Å². The van der Waals surface area contributed by atoms with Crippen molar-refractivity contribution in [2.45, 2.75) is 58.5 Å². The van der Waals surface area contributed by atoms with Crippen LogP contribution in [-0.2, 0) is 9.59 Å². The summed E-state index contributed by atoms with van der Waals surface area (Å²) in [5, 5.41) is 5.56. The van der Waals surface area contributed by atoms with Crippen LogP contribution in [0.4, 0.5) is 4.79 Å². The lowest BCUT2D eigenvalue weighted by molar-refractivity contribution is -0.133. The molecule has 0 aromatic heterocycles. The van der Waals surface area contributed by atoms with Crippen LogP contribution in [0.25, 0.3) is 0 Å². The van der Waals surface area contributed by atoms with Crippen molar-refractivity contribution in [2.75, 3.05) is 6.54 Å². The van der Waals surface area contributed by atoms with E-state index in [9.17, 15) is 14.4 Å². The van der Waals surface area contributed by atoms with E-state index in [-0.39, 0.29) is 30.3 Å². The fraction of sp³-hybridized carbons (Fsp3) is 0.800. The van der Waals surface area contributed by atoms with Crippen molar-refractivity contribution in [3.05, 3.63) is 0 Å². The summed E-state index contributed by atoms with van der Waals surface area (Å²) in [5.74, 6) is 0.190. The van der Waals surface area contributed by atoms with Gasteiger partial charge in [-0.1, -0.05) is 20.8 Å². The molecule has 2 rings (SSSR count). The monoisotopic (exact) mass is 295 g/mol. The van der Waals surface area contributed by atoms with Crippen LogP contribution in [0, 0.1) is 11.8 Å². The largest absolute Gasteiger partial charge is 0.352 e. The first kappa shape index (κ1) is 15.8. The van der Waals surface area contributed by atoms with E-state index in [0.29, 0.717) is 0 Å². The highest BCUT2D eigenvalue weighted by atomic mass is 16.2. The molecule has 1 saturated heterocycles. The predicted octanol–water partition coefficient (Wildman–Crippen LogP) is 1.26. The number of carbonyl (C=O) groups excluding carboxylic acids is 3. The maximum absolute atomic E-state index is 12.1. The molecule has 1 saturated carbocycles. The minimum absolute atomic E-state index is 0.0225. The minimum atomic E-state index is -0.513. The van der Waals surface area contributed by atoms with Gasteiger partial charge in [0.1, 0.15) is 12.6 Å². The third-order valence-corrected chi connectivity index (χ3v) is 4.41. The number of carbonyl (C=O) groups is 3. The molecule has 6 heteroatoms. The Kier molecular flexibility index (Phi) is 4.85. The van der Waals surface area contributed by atoms with Gasteiger partial charge in [-0.15, -0.1) is 0 Å². The van der Waals surface area contributed by atoms with E-state index < -0.39 is 12.1 Å². The summed E-state index contributed by atoms with van der Waals surface area (Å²) in [6, 6.07) is -0.803. The van der Waals surface area contributed by atoms with E-state index in [1.807, 2.05) is 13.8 Å². The lowest BCUT2D eigenvalue weighted by atomic mass is 9.87. The van der Waals surface area contributed by atoms with Gasteiger partial charge in [-0.3, -0.25) is 14.5 Å². The van der Waals surface area contributed by atoms with Gasteiger partial charge in [-0.05, 0) is 37.5 Å². The Morgan fingerprint density at radius 3 is 2.43 bits per heavy atom. The highest BCUT2D eigenvalue weighted by molar-refractivity contribution is 6.06. The first-order valence-corrected chi connectivity index (χ1v) is 7.79. The molecule has 0 radical (unpaired) electrons. The van der Waals surface area contributed by atoms with Crippen LogP contribution in [0.15, 0.2) is 0 Å². The number of hydrogen-bond acceptors (Lipinski definition) is 3. The van der Waals surface area contributed by atoms with E-state index in [1.54, 1.807) is 0 Å². The van der Waals surface area contributed by atoms with Crippen LogP contribution in [0.5, 0.6) is 0 Å². The smallest absolute Gasteiger partial charge is 0.325 e. The molecule has 0 bridgehead atoms. The molecule has 1 atom stereocenters. The Hall–Kier alpha value is -1.59. The second kappa shape index (κ2) is 6.45. The van der Waals surface area contributed by atoms with Gasteiger partial charge >= 0.3 is 6.03 Å². The van der Waals surface area contributed by atoms with Crippen LogP contribution < -0.4 is 10.6 Å². The topological polar surface area (TPSA) is 78.5 Å². The molecule has 0 aromatic rings. The third-order valence-electron chi connectivity index (χ3n) is 4.41. The normalized spacial score (nSPS) is 29.7. The van der Waals surface area contributed by atoms with E-state index in [1.165, 1.54) is 0 Å².